The molecule has 1 aromatic heterocycles. The summed E-state index contributed by atoms with van der Waals surface area (Å²) >= 11 is 9.08. The van der Waals surface area contributed by atoms with Crippen LogP contribution in [0.2, 0.25) is 5.02 Å². The van der Waals surface area contributed by atoms with Gasteiger partial charge in [0.15, 0.2) is 0 Å². The maximum Gasteiger partial charge on any atom is 0.232 e. The van der Waals surface area contributed by atoms with E-state index < -0.39 is 0 Å². The van der Waals surface area contributed by atoms with E-state index in [1.54, 1.807) is 11.8 Å². The molecule has 1 saturated heterocycles. The fourth-order valence-corrected chi connectivity index (χ4v) is 4.50. The molecule has 0 spiro atoms. The number of aromatic nitrogens is 2. The van der Waals surface area contributed by atoms with Crippen LogP contribution in [0.3, 0.4) is 0 Å². The summed E-state index contributed by atoms with van der Waals surface area (Å²) in [5, 5.41) is 0.809. The van der Waals surface area contributed by atoms with E-state index in [1.165, 1.54) is 11.7 Å². The number of thioether (sulfide) groups is 1. The zero-order chi connectivity index (χ0) is 17.6. The van der Waals surface area contributed by atoms with E-state index >= 15 is 0 Å². The Labute approximate surface area is 161 Å². The number of benzene rings is 1. The minimum atomic E-state index is 0.211. The molecule has 1 aliphatic rings. The minimum Gasteiger partial charge on any atom is -0.339 e. The molecule has 8 heteroatoms. The van der Waals surface area contributed by atoms with Gasteiger partial charge in [-0.15, -0.1) is 11.8 Å². The second-order valence-corrected chi connectivity index (χ2v) is 7.96. The van der Waals surface area contributed by atoms with Crippen LogP contribution in [0.4, 0.5) is 0 Å². The maximum absolute atomic E-state index is 12.4. The van der Waals surface area contributed by atoms with Crippen molar-refractivity contribution in [2.75, 3.05) is 31.9 Å². The highest BCUT2D eigenvalue weighted by Gasteiger charge is 2.21. The van der Waals surface area contributed by atoms with Crippen LogP contribution in [-0.2, 0) is 17.1 Å². The van der Waals surface area contributed by atoms with Gasteiger partial charge in [-0.2, -0.15) is 8.75 Å². The van der Waals surface area contributed by atoms with Crippen LogP contribution in [0.5, 0.6) is 0 Å². The standard InChI is InChI=1S/C17H21ClN4OS2/c1-13-16(20-25-19-13)11-24-12-17(23)22-8-6-21(7-9-22)10-14-4-2-3-5-15(14)18/h2-5H,6-12H2,1H3. The van der Waals surface area contributed by atoms with Gasteiger partial charge in [-0.1, -0.05) is 29.8 Å². The second kappa shape index (κ2) is 8.98. The molecule has 25 heavy (non-hydrogen) atoms. The Bertz CT molecular complexity index is 716. The third-order valence-corrected chi connectivity index (χ3v) is 6.24. The van der Waals surface area contributed by atoms with Gasteiger partial charge in [0, 0.05) is 43.5 Å². The normalized spacial score (nSPS) is 15.5. The van der Waals surface area contributed by atoms with Crippen molar-refractivity contribution in [1.29, 1.82) is 0 Å². The zero-order valence-corrected chi connectivity index (χ0v) is 16.5. The first-order valence-corrected chi connectivity index (χ1v) is 10.5. The quantitative estimate of drug-likeness (QED) is 0.751. The highest BCUT2D eigenvalue weighted by Crippen LogP contribution is 2.19. The number of carbonyl (C=O) groups excluding carboxylic acids is 1. The van der Waals surface area contributed by atoms with Crippen LogP contribution in [0.1, 0.15) is 17.0 Å². The lowest BCUT2D eigenvalue weighted by atomic mass is 10.2. The number of rotatable bonds is 6. The molecule has 1 amide bonds. The molecule has 1 aliphatic heterocycles. The van der Waals surface area contributed by atoms with Crippen LogP contribution >= 0.6 is 35.1 Å². The largest absolute Gasteiger partial charge is 0.339 e. The average Bonchev–Trinajstić information content (AvgIpc) is 3.02. The highest BCUT2D eigenvalue weighted by molar-refractivity contribution is 7.99. The summed E-state index contributed by atoms with van der Waals surface area (Å²) in [6.07, 6.45) is 0. The Kier molecular flexibility index (Phi) is 6.70. The first-order valence-electron chi connectivity index (χ1n) is 8.23. The predicted octanol–water partition coefficient (Wildman–Crippen LogP) is 3.08. The zero-order valence-electron chi connectivity index (χ0n) is 14.2. The van der Waals surface area contributed by atoms with Gasteiger partial charge < -0.3 is 4.90 Å². The van der Waals surface area contributed by atoms with Crippen molar-refractivity contribution in [3.8, 4) is 0 Å². The van der Waals surface area contributed by atoms with Gasteiger partial charge in [0.05, 0.1) is 28.9 Å². The van der Waals surface area contributed by atoms with Crippen LogP contribution < -0.4 is 0 Å². The first-order chi connectivity index (χ1) is 12.1. The topological polar surface area (TPSA) is 49.3 Å². The summed E-state index contributed by atoms with van der Waals surface area (Å²) in [5.74, 6) is 1.46. The summed E-state index contributed by atoms with van der Waals surface area (Å²) in [4.78, 5) is 16.7. The summed E-state index contributed by atoms with van der Waals surface area (Å²) in [5.41, 5.74) is 3.11. The van der Waals surface area contributed by atoms with E-state index in [0.29, 0.717) is 5.75 Å². The van der Waals surface area contributed by atoms with Crippen molar-refractivity contribution in [2.24, 2.45) is 0 Å². The molecule has 3 rings (SSSR count). The minimum absolute atomic E-state index is 0.211. The van der Waals surface area contributed by atoms with Crippen LogP contribution in [0, 0.1) is 6.92 Å². The summed E-state index contributed by atoms with van der Waals surface area (Å²) in [7, 11) is 0. The molecule has 5 nitrogen and oxygen atoms in total. The van der Waals surface area contributed by atoms with E-state index in [-0.39, 0.29) is 5.91 Å². The Balaban J connectivity index is 1.40. The third kappa shape index (κ3) is 5.17. The summed E-state index contributed by atoms with van der Waals surface area (Å²) < 4.78 is 8.41. The number of aryl methyl sites for hydroxylation is 1. The monoisotopic (exact) mass is 396 g/mol. The molecule has 2 aromatic rings. The Morgan fingerprint density at radius 2 is 2.00 bits per heavy atom. The molecule has 0 aliphatic carbocycles. The molecule has 134 valence electrons. The number of carbonyl (C=O) groups is 1. The van der Waals surface area contributed by atoms with Gasteiger partial charge in [0.25, 0.3) is 0 Å². The van der Waals surface area contributed by atoms with Gasteiger partial charge in [-0.05, 0) is 18.6 Å². The fourth-order valence-electron chi connectivity index (χ4n) is 2.73. The van der Waals surface area contributed by atoms with E-state index in [9.17, 15) is 4.79 Å². The van der Waals surface area contributed by atoms with Gasteiger partial charge in [0.1, 0.15) is 0 Å². The Morgan fingerprint density at radius 3 is 2.68 bits per heavy atom. The van der Waals surface area contributed by atoms with Crippen molar-refractivity contribution < 1.29 is 4.79 Å². The van der Waals surface area contributed by atoms with E-state index in [4.69, 9.17) is 11.6 Å². The summed E-state index contributed by atoms with van der Waals surface area (Å²) in [6.45, 7) is 6.13. The van der Waals surface area contributed by atoms with Crippen LogP contribution in [0.15, 0.2) is 24.3 Å². The second-order valence-electron chi connectivity index (χ2n) is 6.04. The molecule has 0 bridgehead atoms. The molecule has 0 N–H and O–H groups in total. The third-order valence-electron chi connectivity index (χ3n) is 4.29. The van der Waals surface area contributed by atoms with Crippen molar-refractivity contribution in [1.82, 2.24) is 18.5 Å². The van der Waals surface area contributed by atoms with Crippen molar-refractivity contribution in [2.45, 2.75) is 19.2 Å². The van der Waals surface area contributed by atoms with E-state index in [1.807, 2.05) is 30.0 Å². The van der Waals surface area contributed by atoms with Gasteiger partial charge in [0.2, 0.25) is 5.91 Å². The van der Waals surface area contributed by atoms with Gasteiger partial charge >= 0.3 is 0 Å². The number of amides is 1. The van der Waals surface area contributed by atoms with Crippen molar-refractivity contribution in [3.63, 3.8) is 0 Å². The molecule has 0 atom stereocenters. The Hall–Kier alpha value is -1.15. The molecule has 2 heterocycles. The first kappa shape index (κ1) is 18.6. The lowest BCUT2D eigenvalue weighted by molar-refractivity contribution is -0.130. The molecular weight excluding hydrogens is 376 g/mol. The molecule has 0 saturated carbocycles. The molecule has 0 radical (unpaired) electrons. The Morgan fingerprint density at radius 1 is 1.24 bits per heavy atom. The smallest absolute Gasteiger partial charge is 0.232 e. The van der Waals surface area contributed by atoms with Crippen LogP contribution in [0.25, 0.3) is 0 Å². The maximum atomic E-state index is 12.4. The fraction of sp³-hybridized carbons (Fsp3) is 0.471. The van der Waals surface area contributed by atoms with Crippen LogP contribution in [-0.4, -0.2) is 56.4 Å². The number of hydrogen-bond donors (Lipinski definition) is 0. The van der Waals surface area contributed by atoms with Crippen molar-refractivity contribution in [3.05, 3.63) is 46.2 Å². The van der Waals surface area contributed by atoms with Crippen molar-refractivity contribution >= 4 is 41.0 Å². The molecule has 0 unspecified atom stereocenters. The molecule has 1 fully saturated rings. The molecule has 1 aromatic carbocycles. The van der Waals surface area contributed by atoms with Gasteiger partial charge in [-0.3, -0.25) is 9.69 Å². The average molecular weight is 397 g/mol. The number of piperazine rings is 1. The van der Waals surface area contributed by atoms with E-state index in [2.05, 4.69) is 19.7 Å². The molecular formula is C17H21ClN4OS2. The van der Waals surface area contributed by atoms with E-state index in [0.717, 1.165) is 60.5 Å². The number of nitrogens with zero attached hydrogens (tertiary/aromatic N) is 4. The summed E-state index contributed by atoms with van der Waals surface area (Å²) in [6, 6.07) is 7.94. The number of hydrogen-bond acceptors (Lipinski definition) is 6. The SMILES string of the molecule is Cc1nsnc1CSCC(=O)N1CCN(Cc2ccccc2Cl)CC1. The predicted molar refractivity (Wildman–Crippen MR) is 104 cm³/mol. The lowest BCUT2D eigenvalue weighted by Gasteiger charge is -2.34. The number of halogens is 1. The lowest BCUT2D eigenvalue weighted by Crippen LogP contribution is -2.48. The van der Waals surface area contributed by atoms with Gasteiger partial charge in [-0.25, -0.2) is 0 Å². The highest BCUT2D eigenvalue weighted by atomic mass is 35.5.